The SMILES string of the molecule is Cc1cn(-c2ccc(/C=C/c3nc4n(n3)CCC[C@H]4c3ccc(F)cc3)[nH]c2=O)cn1. The van der Waals surface area contributed by atoms with E-state index in [1.807, 2.05) is 29.8 Å². The van der Waals surface area contributed by atoms with Crippen LogP contribution in [0.3, 0.4) is 0 Å². The van der Waals surface area contributed by atoms with Gasteiger partial charge >= 0.3 is 0 Å². The zero-order valence-electron chi connectivity index (χ0n) is 17.0. The Labute approximate surface area is 177 Å². The fourth-order valence-electron chi connectivity index (χ4n) is 3.95. The van der Waals surface area contributed by atoms with Gasteiger partial charge in [0, 0.05) is 24.4 Å². The minimum absolute atomic E-state index is 0.0988. The van der Waals surface area contributed by atoms with Crippen molar-refractivity contribution in [3.05, 3.63) is 93.7 Å². The van der Waals surface area contributed by atoms with Crippen LogP contribution in [0.2, 0.25) is 0 Å². The second kappa shape index (κ2) is 7.79. The summed E-state index contributed by atoms with van der Waals surface area (Å²) in [4.78, 5) is 24.2. The molecule has 1 aliphatic heterocycles. The van der Waals surface area contributed by atoms with Crippen molar-refractivity contribution in [2.45, 2.75) is 32.2 Å². The number of H-pyrrole nitrogens is 1. The average Bonchev–Trinajstić information content (AvgIpc) is 3.38. The zero-order valence-corrected chi connectivity index (χ0v) is 17.0. The summed E-state index contributed by atoms with van der Waals surface area (Å²) >= 11 is 0. The molecule has 0 bridgehead atoms. The van der Waals surface area contributed by atoms with E-state index < -0.39 is 0 Å². The van der Waals surface area contributed by atoms with Crippen LogP contribution in [0.1, 0.15) is 47.4 Å². The number of aryl methyl sites for hydroxylation is 2. The highest BCUT2D eigenvalue weighted by Gasteiger charge is 2.25. The molecular formula is C23H21FN6O. The van der Waals surface area contributed by atoms with Crippen molar-refractivity contribution in [3.63, 3.8) is 0 Å². The van der Waals surface area contributed by atoms with E-state index in [1.54, 1.807) is 35.3 Å². The lowest BCUT2D eigenvalue weighted by Crippen LogP contribution is -2.17. The van der Waals surface area contributed by atoms with Crippen LogP contribution in [0.15, 0.2) is 53.7 Å². The Morgan fingerprint density at radius 2 is 2.00 bits per heavy atom. The molecule has 3 aromatic heterocycles. The number of nitrogens with zero attached hydrogens (tertiary/aromatic N) is 5. The first-order valence-corrected chi connectivity index (χ1v) is 10.2. The molecule has 0 radical (unpaired) electrons. The summed E-state index contributed by atoms with van der Waals surface area (Å²) in [5.41, 5.74) is 2.86. The second-order valence-corrected chi connectivity index (χ2v) is 7.68. The lowest BCUT2D eigenvalue weighted by molar-refractivity contribution is 0.445. The van der Waals surface area contributed by atoms with Gasteiger partial charge < -0.3 is 9.55 Å². The number of aromatic amines is 1. The maximum absolute atomic E-state index is 13.3. The van der Waals surface area contributed by atoms with Crippen LogP contribution in [0.25, 0.3) is 17.8 Å². The van der Waals surface area contributed by atoms with E-state index in [0.717, 1.165) is 36.5 Å². The molecule has 0 amide bonds. The molecule has 1 aromatic carbocycles. The molecule has 1 atom stereocenters. The van der Waals surface area contributed by atoms with Crippen LogP contribution in [-0.4, -0.2) is 29.3 Å². The van der Waals surface area contributed by atoms with Crippen molar-refractivity contribution in [3.8, 4) is 5.69 Å². The molecule has 0 saturated carbocycles. The highest BCUT2D eigenvalue weighted by atomic mass is 19.1. The van der Waals surface area contributed by atoms with Gasteiger partial charge in [0.05, 0.1) is 12.0 Å². The van der Waals surface area contributed by atoms with Crippen LogP contribution < -0.4 is 5.56 Å². The number of benzene rings is 1. The number of hydrogen-bond acceptors (Lipinski definition) is 4. The molecule has 31 heavy (non-hydrogen) atoms. The fraction of sp³-hybridized carbons (Fsp3) is 0.217. The first kappa shape index (κ1) is 19.2. The summed E-state index contributed by atoms with van der Waals surface area (Å²) in [6.07, 6.45) is 8.95. The summed E-state index contributed by atoms with van der Waals surface area (Å²) in [5.74, 6) is 1.32. The Morgan fingerprint density at radius 3 is 2.74 bits per heavy atom. The van der Waals surface area contributed by atoms with Gasteiger partial charge in [-0.15, -0.1) is 0 Å². The molecule has 0 fully saturated rings. The normalized spacial score (nSPS) is 16.0. The molecule has 0 spiro atoms. The number of aromatic nitrogens is 6. The molecule has 0 unspecified atom stereocenters. The van der Waals surface area contributed by atoms with Gasteiger partial charge in [0.2, 0.25) is 0 Å². The molecule has 7 nitrogen and oxygen atoms in total. The minimum atomic E-state index is -0.243. The number of imidazole rings is 1. The first-order valence-electron chi connectivity index (χ1n) is 10.2. The quantitative estimate of drug-likeness (QED) is 0.550. The van der Waals surface area contributed by atoms with E-state index in [2.05, 4.69) is 15.1 Å². The van der Waals surface area contributed by atoms with Crippen LogP contribution >= 0.6 is 0 Å². The summed E-state index contributed by atoms with van der Waals surface area (Å²) in [7, 11) is 0. The van der Waals surface area contributed by atoms with Crippen molar-refractivity contribution in [2.75, 3.05) is 0 Å². The predicted molar refractivity (Wildman–Crippen MR) is 115 cm³/mol. The molecule has 4 heterocycles. The van der Waals surface area contributed by atoms with Crippen LogP contribution in [0.5, 0.6) is 0 Å². The number of pyridine rings is 1. The van der Waals surface area contributed by atoms with Crippen molar-refractivity contribution >= 4 is 12.2 Å². The molecule has 1 N–H and O–H groups in total. The topological polar surface area (TPSA) is 81.4 Å². The second-order valence-electron chi connectivity index (χ2n) is 7.68. The molecule has 0 aliphatic carbocycles. The Bertz CT molecular complexity index is 1310. The van der Waals surface area contributed by atoms with Gasteiger partial charge in [0.1, 0.15) is 17.3 Å². The lowest BCUT2D eigenvalue weighted by Gasteiger charge is -2.22. The summed E-state index contributed by atoms with van der Waals surface area (Å²) in [5, 5.41) is 4.59. The highest BCUT2D eigenvalue weighted by molar-refractivity contribution is 5.64. The van der Waals surface area contributed by atoms with Gasteiger partial charge in [-0.2, -0.15) is 5.10 Å². The number of rotatable bonds is 4. The van der Waals surface area contributed by atoms with Crippen LogP contribution in [0.4, 0.5) is 4.39 Å². The summed E-state index contributed by atoms with van der Waals surface area (Å²) in [6.45, 7) is 2.68. The molecule has 8 heteroatoms. The Kier molecular flexibility index (Phi) is 4.82. The Hall–Kier alpha value is -3.81. The maximum Gasteiger partial charge on any atom is 0.272 e. The third kappa shape index (κ3) is 3.84. The number of halogens is 1. The van der Waals surface area contributed by atoms with Gasteiger partial charge in [-0.05, 0) is 61.7 Å². The van der Waals surface area contributed by atoms with Gasteiger partial charge in [0.25, 0.3) is 5.56 Å². The summed E-state index contributed by atoms with van der Waals surface area (Å²) < 4.78 is 16.9. The van der Waals surface area contributed by atoms with Crippen molar-refractivity contribution < 1.29 is 4.39 Å². The van der Waals surface area contributed by atoms with E-state index in [9.17, 15) is 9.18 Å². The van der Waals surface area contributed by atoms with Crippen LogP contribution in [0, 0.1) is 12.7 Å². The smallest absolute Gasteiger partial charge is 0.272 e. The van der Waals surface area contributed by atoms with Crippen molar-refractivity contribution in [1.82, 2.24) is 29.3 Å². The van der Waals surface area contributed by atoms with E-state index in [-0.39, 0.29) is 17.3 Å². The predicted octanol–water partition coefficient (Wildman–Crippen LogP) is 3.70. The number of fused-ring (bicyclic) bond motifs is 1. The lowest BCUT2D eigenvalue weighted by atomic mass is 9.91. The molecular weight excluding hydrogens is 395 g/mol. The largest absolute Gasteiger partial charge is 0.321 e. The molecule has 4 aromatic rings. The minimum Gasteiger partial charge on any atom is -0.321 e. The highest BCUT2D eigenvalue weighted by Crippen LogP contribution is 2.32. The van der Waals surface area contributed by atoms with E-state index in [1.165, 1.54) is 12.1 Å². The maximum atomic E-state index is 13.3. The molecule has 0 saturated heterocycles. The van der Waals surface area contributed by atoms with E-state index in [4.69, 9.17) is 4.98 Å². The van der Waals surface area contributed by atoms with Crippen LogP contribution in [-0.2, 0) is 6.54 Å². The average molecular weight is 416 g/mol. The monoisotopic (exact) mass is 416 g/mol. The standard InChI is InChI=1S/C23H21FN6O/c1-15-13-29(14-25-15)20-10-8-18(26-23(20)31)9-11-21-27-22-19(3-2-12-30(22)28-21)16-4-6-17(24)7-5-16/h4-11,13-14,19H,2-3,12H2,1H3,(H,26,31)/b11-9+/t19-/m0/s1. The van der Waals surface area contributed by atoms with Gasteiger partial charge in [-0.3, -0.25) is 4.79 Å². The third-order valence-electron chi connectivity index (χ3n) is 5.48. The Balaban J connectivity index is 1.39. The van der Waals surface area contributed by atoms with Gasteiger partial charge in [-0.25, -0.2) is 19.0 Å². The third-order valence-corrected chi connectivity index (χ3v) is 5.48. The molecule has 1 aliphatic rings. The van der Waals surface area contributed by atoms with E-state index in [0.29, 0.717) is 17.2 Å². The van der Waals surface area contributed by atoms with E-state index >= 15 is 0 Å². The number of hydrogen-bond donors (Lipinski definition) is 1. The number of nitrogens with one attached hydrogen (secondary N) is 1. The zero-order chi connectivity index (χ0) is 21.4. The Morgan fingerprint density at radius 1 is 1.16 bits per heavy atom. The fourth-order valence-corrected chi connectivity index (χ4v) is 3.95. The van der Waals surface area contributed by atoms with Gasteiger partial charge in [-0.1, -0.05) is 12.1 Å². The summed E-state index contributed by atoms with van der Waals surface area (Å²) in [6, 6.07) is 10.2. The molecule has 156 valence electrons. The van der Waals surface area contributed by atoms with Crippen molar-refractivity contribution in [1.29, 1.82) is 0 Å². The van der Waals surface area contributed by atoms with Crippen molar-refractivity contribution in [2.24, 2.45) is 0 Å². The first-order chi connectivity index (χ1) is 15.1. The molecule has 5 rings (SSSR count). The van der Waals surface area contributed by atoms with Gasteiger partial charge in [0.15, 0.2) is 5.82 Å².